The molecule has 0 radical (unpaired) electrons. The first-order chi connectivity index (χ1) is 10.3. The van der Waals surface area contributed by atoms with Gasteiger partial charge in [0.2, 0.25) is 0 Å². The van der Waals surface area contributed by atoms with Crippen LogP contribution in [0.5, 0.6) is 0 Å². The Hall–Kier alpha value is -2.35. The summed E-state index contributed by atoms with van der Waals surface area (Å²) in [6.07, 6.45) is 4.93. The van der Waals surface area contributed by atoms with E-state index in [0.717, 1.165) is 18.4 Å². The van der Waals surface area contributed by atoms with Crippen molar-refractivity contribution < 1.29 is 4.79 Å². The van der Waals surface area contributed by atoms with Crippen LogP contribution in [0.15, 0.2) is 60.8 Å². The molecule has 21 heavy (non-hydrogen) atoms. The summed E-state index contributed by atoms with van der Waals surface area (Å²) in [7, 11) is 0. The highest BCUT2D eigenvalue weighted by atomic mass is 16.1. The summed E-state index contributed by atoms with van der Waals surface area (Å²) in [5.74, 6) is 0.337. The van der Waals surface area contributed by atoms with Crippen molar-refractivity contribution in [2.45, 2.75) is 25.7 Å². The van der Waals surface area contributed by atoms with E-state index in [2.05, 4.69) is 29.2 Å². The molecule has 106 valence electrons. The van der Waals surface area contributed by atoms with Crippen LogP contribution in [0, 0.1) is 0 Å². The number of rotatable bonds is 6. The molecule has 0 atom stereocenters. The Kier molecular flexibility index (Phi) is 4.15. The predicted octanol–water partition coefficient (Wildman–Crippen LogP) is 4.30. The number of carbonyl (C=O) groups is 1. The molecule has 1 heterocycles. The Morgan fingerprint density at radius 1 is 0.857 bits per heavy atom. The maximum atomic E-state index is 12.0. The minimum absolute atomic E-state index is 0.337. The van der Waals surface area contributed by atoms with E-state index < -0.39 is 0 Å². The summed E-state index contributed by atoms with van der Waals surface area (Å²) in [4.78, 5) is 15.3. The second-order valence-electron chi connectivity index (χ2n) is 5.38. The van der Waals surface area contributed by atoms with Gasteiger partial charge in [-0.3, -0.25) is 4.79 Å². The number of H-pyrrole nitrogens is 1. The number of hydrogen-bond donors (Lipinski definition) is 1. The van der Waals surface area contributed by atoms with Crippen molar-refractivity contribution in [3.63, 3.8) is 0 Å². The standard InChI is InChI=1S/C19H19NO/c21-17(12-10-15-6-2-1-3-7-15)13-11-16-14-20-19-9-5-4-8-18(16)19/h1-9,14,20H,10-13H2. The van der Waals surface area contributed by atoms with E-state index in [1.807, 2.05) is 36.5 Å². The van der Waals surface area contributed by atoms with Crippen molar-refractivity contribution in [2.75, 3.05) is 0 Å². The number of Topliss-reactive ketones (excluding diaryl/α,β-unsaturated/α-hetero) is 1. The lowest BCUT2D eigenvalue weighted by atomic mass is 10.0. The van der Waals surface area contributed by atoms with Gasteiger partial charge in [0.15, 0.2) is 0 Å². The van der Waals surface area contributed by atoms with Gasteiger partial charge in [0.1, 0.15) is 5.78 Å². The molecule has 0 aliphatic carbocycles. The van der Waals surface area contributed by atoms with Gasteiger partial charge in [-0.25, -0.2) is 0 Å². The number of ketones is 1. The van der Waals surface area contributed by atoms with E-state index in [4.69, 9.17) is 0 Å². The van der Waals surface area contributed by atoms with Gasteiger partial charge < -0.3 is 4.98 Å². The maximum Gasteiger partial charge on any atom is 0.133 e. The number of aromatic amines is 1. The number of benzene rings is 2. The fourth-order valence-corrected chi connectivity index (χ4v) is 2.67. The van der Waals surface area contributed by atoms with Crippen molar-refractivity contribution in [3.8, 4) is 0 Å². The Labute approximate surface area is 124 Å². The molecule has 2 nitrogen and oxygen atoms in total. The summed E-state index contributed by atoms with van der Waals surface area (Å²) < 4.78 is 0. The molecule has 0 saturated carbocycles. The predicted molar refractivity (Wildman–Crippen MR) is 86.4 cm³/mol. The minimum Gasteiger partial charge on any atom is -0.361 e. The topological polar surface area (TPSA) is 32.9 Å². The van der Waals surface area contributed by atoms with Crippen LogP contribution in [-0.2, 0) is 17.6 Å². The molecule has 0 bridgehead atoms. The first kappa shape index (κ1) is 13.6. The molecule has 0 unspecified atom stereocenters. The highest BCUT2D eigenvalue weighted by Gasteiger charge is 2.07. The molecule has 1 N–H and O–H groups in total. The molecule has 3 aromatic rings. The van der Waals surface area contributed by atoms with E-state index in [-0.39, 0.29) is 0 Å². The van der Waals surface area contributed by atoms with E-state index in [9.17, 15) is 4.79 Å². The fourth-order valence-electron chi connectivity index (χ4n) is 2.67. The van der Waals surface area contributed by atoms with Crippen LogP contribution in [0.2, 0.25) is 0 Å². The normalized spacial score (nSPS) is 10.9. The number of hydrogen-bond acceptors (Lipinski definition) is 1. The average molecular weight is 277 g/mol. The largest absolute Gasteiger partial charge is 0.361 e. The summed E-state index contributed by atoms with van der Waals surface area (Å²) in [6, 6.07) is 18.4. The van der Waals surface area contributed by atoms with Crippen molar-refractivity contribution in [1.29, 1.82) is 0 Å². The van der Waals surface area contributed by atoms with Gasteiger partial charge >= 0.3 is 0 Å². The van der Waals surface area contributed by atoms with Gasteiger partial charge in [0.05, 0.1) is 0 Å². The van der Waals surface area contributed by atoms with Crippen LogP contribution in [0.1, 0.15) is 24.0 Å². The number of aromatic nitrogens is 1. The third-order valence-electron chi connectivity index (χ3n) is 3.88. The Bertz CT molecular complexity index is 727. The third kappa shape index (κ3) is 3.40. The van der Waals surface area contributed by atoms with Gasteiger partial charge in [0, 0.05) is 29.9 Å². The zero-order chi connectivity index (χ0) is 14.5. The molecule has 2 heteroatoms. The molecule has 0 fully saturated rings. The number of para-hydroxylation sites is 1. The summed E-state index contributed by atoms with van der Waals surface area (Å²) in [5.41, 5.74) is 3.61. The van der Waals surface area contributed by atoms with Gasteiger partial charge in [-0.15, -0.1) is 0 Å². The lowest BCUT2D eigenvalue weighted by Crippen LogP contribution is -2.02. The number of aryl methyl sites for hydroxylation is 2. The van der Waals surface area contributed by atoms with Crippen LogP contribution in [0.25, 0.3) is 10.9 Å². The van der Waals surface area contributed by atoms with Gasteiger partial charge in [-0.2, -0.15) is 0 Å². The number of nitrogens with one attached hydrogen (secondary N) is 1. The number of fused-ring (bicyclic) bond motifs is 1. The second kappa shape index (κ2) is 6.40. The minimum atomic E-state index is 0.337. The zero-order valence-corrected chi connectivity index (χ0v) is 12.0. The van der Waals surface area contributed by atoms with Crippen LogP contribution in [-0.4, -0.2) is 10.8 Å². The Morgan fingerprint density at radius 3 is 2.43 bits per heavy atom. The summed E-state index contributed by atoms with van der Waals surface area (Å²) in [6.45, 7) is 0. The molecule has 3 rings (SSSR count). The van der Waals surface area contributed by atoms with Gasteiger partial charge in [-0.05, 0) is 30.0 Å². The zero-order valence-electron chi connectivity index (χ0n) is 12.0. The van der Waals surface area contributed by atoms with Crippen LogP contribution in [0.4, 0.5) is 0 Å². The molecule has 2 aromatic carbocycles. The molecular weight excluding hydrogens is 258 g/mol. The van der Waals surface area contributed by atoms with Crippen molar-refractivity contribution in [3.05, 3.63) is 71.9 Å². The number of carbonyl (C=O) groups excluding carboxylic acids is 1. The van der Waals surface area contributed by atoms with E-state index in [0.29, 0.717) is 18.6 Å². The first-order valence-corrected chi connectivity index (χ1v) is 7.43. The van der Waals surface area contributed by atoms with Crippen molar-refractivity contribution in [1.82, 2.24) is 4.98 Å². The van der Waals surface area contributed by atoms with Gasteiger partial charge in [-0.1, -0.05) is 48.5 Å². The van der Waals surface area contributed by atoms with Crippen LogP contribution in [0.3, 0.4) is 0 Å². The van der Waals surface area contributed by atoms with E-state index in [1.54, 1.807) is 0 Å². The van der Waals surface area contributed by atoms with Crippen molar-refractivity contribution >= 4 is 16.7 Å². The maximum absolute atomic E-state index is 12.0. The molecule has 0 aliphatic heterocycles. The monoisotopic (exact) mass is 277 g/mol. The molecule has 0 saturated heterocycles. The van der Waals surface area contributed by atoms with Crippen LogP contribution >= 0.6 is 0 Å². The SMILES string of the molecule is O=C(CCc1ccccc1)CCc1c[nH]c2ccccc12. The summed E-state index contributed by atoms with van der Waals surface area (Å²) in [5, 5.41) is 1.23. The Morgan fingerprint density at radius 2 is 1.57 bits per heavy atom. The highest BCUT2D eigenvalue weighted by Crippen LogP contribution is 2.19. The first-order valence-electron chi connectivity index (χ1n) is 7.43. The third-order valence-corrected chi connectivity index (χ3v) is 3.88. The van der Waals surface area contributed by atoms with Crippen LogP contribution < -0.4 is 0 Å². The molecule has 1 aromatic heterocycles. The second-order valence-corrected chi connectivity index (χ2v) is 5.38. The van der Waals surface area contributed by atoms with E-state index in [1.165, 1.54) is 16.5 Å². The quantitative estimate of drug-likeness (QED) is 0.716. The lowest BCUT2D eigenvalue weighted by Gasteiger charge is -2.02. The lowest BCUT2D eigenvalue weighted by molar-refractivity contribution is -0.119. The Balaban J connectivity index is 1.54. The molecule has 0 aliphatic rings. The van der Waals surface area contributed by atoms with E-state index >= 15 is 0 Å². The average Bonchev–Trinajstić information content (AvgIpc) is 2.95. The van der Waals surface area contributed by atoms with Gasteiger partial charge in [0.25, 0.3) is 0 Å². The van der Waals surface area contributed by atoms with Crippen molar-refractivity contribution in [2.24, 2.45) is 0 Å². The summed E-state index contributed by atoms with van der Waals surface area (Å²) >= 11 is 0. The smallest absolute Gasteiger partial charge is 0.133 e. The molecule has 0 amide bonds. The fraction of sp³-hybridized carbons (Fsp3) is 0.211. The molecular formula is C19H19NO. The highest BCUT2D eigenvalue weighted by molar-refractivity contribution is 5.84. The molecule has 0 spiro atoms.